The van der Waals surface area contributed by atoms with Gasteiger partial charge in [-0.1, -0.05) is 17.2 Å². The first kappa shape index (κ1) is 9.50. The lowest BCUT2D eigenvalue weighted by atomic mass is 10.2. The molecule has 10 heavy (non-hydrogen) atoms. The van der Waals surface area contributed by atoms with Gasteiger partial charge in [0.15, 0.2) is 0 Å². The van der Waals surface area contributed by atoms with Crippen LogP contribution in [0.2, 0.25) is 0 Å². The molecular formula is C7H11ClO2. The number of aliphatic carboxylic acids is 1. The molecule has 0 aliphatic carbocycles. The zero-order chi connectivity index (χ0) is 8.15. The van der Waals surface area contributed by atoms with Gasteiger partial charge in [-0.25, -0.2) is 0 Å². The first-order valence-corrected chi connectivity index (χ1v) is 3.45. The Bertz CT molecular complexity index is 157. The average Bonchev–Trinajstić information content (AvgIpc) is 1.82. The van der Waals surface area contributed by atoms with Crippen molar-refractivity contribution in [3.8, 4) is 0 Å². The van der Waals surface area contributed by atoms with Gasteiger partial charge in [0.1, 0.15) is 0 Å². The van der Waals surface area contributed by atoms with Gasteiger partial charge in [-0.3, -0.25) is 4.79 Å². The molecule has 58 valence electrons. The lowest BCUT2D eigenvalue weighted by Crippen LogP contribution is -1.93. The van der Waals surface area contributed by atoms with Crippen LogP contribution in [0.25, 0.3) is 0 Å². The van der Waals surface area contributed by atoms with Crippen molar-refractivity contribution in [2.45, 2.75) is 26.7 Å². The molecule has 0 spiro atoms. The maximum absolute atomic E-state index is 10.0. The molecule has 0 saturated carbocycles. The van der Waals surface area contributed by atoms with Crippen LogP contribution in [0, 0.1) is 0 Å². The fourth-order valence-corrected chi connectivity index (χ4v) is 0.561. The van der Waals surface area contributed by atoms with Crippen molar-refractivity contribution in [1.82, 2.24) is 0 Å². The van der Waals surface area contributed by atoms with Crippen LogP contribution in [0.1, 0.15) is 26.7 Å². The normalized spacial score (nSPS) is 9.10. The van der Waals surface area contributed by atoms with E-state index >= 15 is 0 Å². The summed E-state index contributed by atoms with van der Waals surface area (Å²) in [5.41, 5.74) is 0.989. The second kappa shape index (κ2) is 4.34. The maximum Gasteiger partial charge on any atom is 0.303 e. The standard InChI is InChI=1S/C7H11ClO2/c1-5(2)6(8)3-4-7(9)10/h3-4H2,1-2H3,(H,9,10). The highest BCUT2D eigenvalue weighted by Crippen LogP contribution is 2.14. The number of carboxylic acids is 1. The zero-order valence-corrected chi connectivity index (χ0v) is 6.90. The Kier molecular flexibility index (Phi) is 4.12. The highest BCUT2D eigenvalue weighted by molar-refractivity contribution is 6.29. The van der Waals surface area contributed by atoms with E-state index in [1.54, 1.807) is 0 Å². The monoisotopic (exact) mass is 162 g/mol. The van der Waals surface area contributed by atoms with E-state index in [1.807, 2.05) is 13.8 Å². The number of halogens is 1. The third-order valence-corrected chi connectivity index (χ3v) is 1.67. The highest BCUT2D eigenvalue weighted by Gasteiger charge is 1.99. The lowest BCUT2D eigenvalue weighted by molar-refractivity contribution is -0.136. The number of carboxylic acid groups (broad SMARTS) is 1. The average molecular weight is 163 g/mol. The molecule has 0 atom stereocenters. The second-order valence-corrected chi connectivity index (χ2v) is 2.75. The summed E-state index contributed by atoms with van der Waals surface area (Å²) in [6, 6.07) is 0. The summed E-state index contributed by atoms with van der Waals surface area (Å²) in [4.78, 5) is 10.0. The first-order valence-electron chi connectivity index (χ1n) is 3.07. The Balaban J connectivity index is 3.71. The van der Waals surface area contributed by atoms with E-state index in [0.29, 0.717) is 11.5 Å². The lowest BCUT2D eigenvalue weighted by Gasteiger charge is -1.96. The van der Waals surface area contributed by atoms with Gasteiger partial charge in [-0.15, -0.1) is 0 Å². The van der Waals surface area contributed by atoms with Gasteiger partial charge in [-0.05, 0) is 20.3 Å². The van der Waals surface area contributed by atoms with Crippen molar-refractivity contribution < 1.29 is 9.90 Å². The third kappa shape index (κ3) is 4.39. The van der Waals surface area contributed by atoms with Gasteiger partial charge in [-0.2, -0.15) is 0 Å². The van der Waals surface area contributed by atoms with Crippen LogP contribution in [0.4, 0.5) is 0 Å². The summed E-state index contributed by atoms with van der Waals surface area (Å²) in [5, 5.41) is 8.92. The van der Waals surface area contributed by atoms with E-state index in [1.165, 1.54) is 0 Å². The highest BCUT2D eigenvalue weighted by atomic mass is 35.5. The molecule has 0 aliphatic heterocycles. The molecule has 0 heterocycles. The van der Waals surface area contributed by atoms with E-state index in [2.05, 4.69) is 0 Å². The molecule has 0 aliphatic rings. The fourth-order valence-electron chi connectivity index (χ4n) is 0.467. The predicted octanol–water partition coefficient (Wildman–Crippen LogP) is 2.38. The molecule has 0 bridgehead atoms. The predicted molar refractivity (Wildman–Crippen MR) is 41.1 cm³/mol. The van der Waals surface area contributed by atoms with Crippen molar-refractivity contribution in [3.63, 3.8) is 0 Å². The van der Waals surface area contributed by atoms with E-state index in [9.17, 15) is 4.79 Å². The summed E-state index contributed by atoms with van der Waals surface area (Å²) in [6.45, 7) is 3.73. The SMILES string of the molecule is CC(C)=C(Cl)CCC(=O)O. The molecule has 0 aromatic rings. The fraction of sp³-hybridized carbons (Fsp3) is 0.571. The molecule has 0 aromatic heterocycles. The first-order chi connectivity index (χ1) is 4.54. The zero-order valence-electron chi connectivity index (χ0n) is 6.15. The quantitative estimate of drug-likeness (QED) is 0.692. The van der Waals surface area contributed by atoms with E-state index in [0.717, 1.165) is 5.57 Å². The summed E-state index contributed by atoms with van der Waals surface area (Å²) in [6.07, 6.45) is 0.559. The van der Waals surface area contributed by atoms with Crippen molar-refractivity contribution in [1.29, 1.82) is 0 Å². The summed E-state index contributed by atoms with van der Waals surface area (Å²) >= 11 is 5.68. The topological polar surface area (TPSA) is 37.3 Å². The summed E-state index contributed by atoms with van der Waals surface area (Å²) in [7, 11) is 0. The molecule has 1 N–H and O–H groups in total. The maximum atomic E-state index is 10.0. The van der Waals surface area contributed by atoms with Crippen LogP contribution >= 0.6 is 11.6 Å². The second-order valence-electron chi connectivity index (χ2n) is 2.30. The molecule has 0 amide bonds. The van der Waals surface area contributed by atoms with Gasteiger partial charge in [0.05, 0.1) is 6.42 Å². The minimum atomic E-state index is -0.806. The van der Waals surface area contributed by atoms with Gasteiger partial charge in [0.2, 0.25) is 0 Å². The van der Waals surface area contributed by atoms with Crippen LogP contribution in [-0.4, -0.2) is 11.1 Å². The largest absolute Gasteiger partial charge is 0.481 e. The van der Waals surface area contributed by atoms with Crippen molar-refractivity contribution in [2.75, 3.05) is 0 Å². The molecule has 3 heteroatoms. The van der Waals surface area contributed by atoms with Crippen molar-refractivity contribution in [2.24, 2.45) is 0 Å². The van der Waals surface area contributed by atoms with E-state index < -0.39 is 5.97 Å². The van der Waals surface area contributed by atoms with Gasteiger partial charge in [0.25, 0.3) is 0 Å². The number of rotatable bonds is 3. The third-order valence-electron chi connectivity index (χ3n) is 1.10. The Morgan fingerprint density at radius 3 is 2.20 bits per heavy atom. The number of carbonyl (C=O) groups is 1. The number of allylic oxidation sites excluding steroid dienone is 2. The molecule has 0 rings (SSSR count). The van der Waals surface area contributed by atoms with Crippen LogP contribution in [0.3, 0.4) is 0 Å². The van der Waals surface area contributed by atoms with Gasteiger partial charge in [0, 0.05) is 5.03 Å². The Labute approximate surface area is 65.5 Å². The van der Waals surface area contributed by atoms with Gasteiger partial charge < -0.3 is 5.11 Å². The Hall–Kier alpha value is -0.500. The van der Waals surface area contributed by atoms with Gasteiger partial charge >= 0.3 is 5.97 Å². The van der Waals surface area contributed by atoms with E-state index in [-0.39, 0.29) is 6.42 Å². The molecule has 0 saturated heterocycles. The van der Waals surface area contributed by atoms with E-state index in [4.69, 9.17) is 16.7 Å². The van der Waals surface area contributed by atoms with Crippen LogP contribution in [-0.2, 0) is 4.79 Å². The molecule has 2 nitrogen and oxygen atoms in total. The molecule has 0 unspecified atom stereocenters. The molecule has 0 fully saturated rings. The Morgan fingerprint density at radius 2 is 1.90 bits per heavy atom. The number of hydrogen-bond donors (Lipinski definition) is 1. The minimum absolute atomic E-state index is 0.115. The van der Waals surface area contributed by atoms with Crippen LogP contribution in [0.5, 0.6) is 0 Å². The summed E-state index contributed by atoms with van der Waals surface area (Å²) < 4.78 is 0. The Morgan fingerprint density at radius 1 is 1.40 bits per heavy atom. The van der Waals surface area contributed by atoms with Crippen LogP contribution < -0.4 is 0 Å². The van der Waals surface area contributed by atoms with Crippen LogP contribution in [0.15, 0.2) is 10.6 Å². The minimum Gasteiger partial charge on any atom is -0.481 e. The molecule has 0 aromatic carbocycles. The molecular weight excluding hydrogens is 152 g/mol. The molecule has 0 radical (unpaired) electrons. The van der Waals surface area contributed by atoms with Crippen molar-refractivity contribution in [3.05, 3.63) is 10.6 Å². The summed E-state index contributed by atoms with van der Waals surface area (Å²) in [5.74, 6) is -0.806. The number of hydrogen-bond acceptors (Lipinski definition) is 1. The smallest absolute Gasteiger partial charge is 0.303 e. The van der Waals surface area contributed by atoms with Crippen molar-refractivity contribution >= 4 is 17.6 Å².